The third-order valence-electron chi connectivity index (χ3n) is 5.22. The molecule has 6 heteroatoms. The first-order valence-corrected chi connectivity index (χ1v) is 10.9. The summed E-state index contributed by atoms with van der Waals surface area (Å²) >= 11 is 0. The molecule has 33 heavy (non-hydrogen) atoms. The predicted molar refractivity (Wildman–Crippen MR) is 127 cm³/mol. The molecule has 0 fully saturated rings. The molecule has 0 aliphatic heterocycles. The van der Waals surface area contributed by atoms with E-state index in [1.54, 1.807) is 0 Å². The molecule has 1 N–H and O–H groups in total. The van der Waals surface area contributed by atoms with Crippen LogP contribution in [-0.2, 0) is 4.79 Å². The molecule has 4 aromatic rings. The van der Waals surface area contributed by atoms with Crippen LogP contribution in [0.5, 0.6) is 6.01 Å². The molecule has 0 aliphatic carbocycles. The van der Waals surface area contributed by atoms with Crippen LogP contribution in [0.1, 0.15) is 27.1 Å². The van der Waals surface area contributed by atoms with Crippen LogP contribution in [0.25, 0.3) is 28.2 Å². The number of carbonyl (C=O) groups is 1. The van der Waals surface area contributed by atoms with E-state index >= 15 is 0 Å². The molecule has 1 aromatic heterocycles. The number of hydrogen-bond acceptors (Lipinski definition) is 3. The first kappa shape index (κ1) is 24.8. The summed E-state index contributed by atoms with van der Waals surface area (Å²) in [7, 11) is 0. The second-order valence-electron chi connectivity index (χ2n) is 7.55. The van der Waals surface area contributed by atoms with Crippen molar-refractivity contribution >= 4 is 5.97 Å². The van der Waals surface area contributed by atoms with Crippen LogP contribution in [0.4, 0.5) is 0 Å². The summed E-state index contributed by atoms with van der Waals surface area (Å²) in [5.74, 6) is -0.759. The molecule has 0 unspecified atom stereocenters. The summed E-state index contributed by atoms with van der Waals surface area (Å²) in [6.07, 6.45) is 2.41. The standard InChI is InChI=1S/C27H26N2O3.Na.H/c30-24(31)19-11-4-12-20-32-27-28-25(21-13-5-1-6-14-21)26(22-15-7-2-8-16-22)29(27)23-17-9-3-10-18-23;;/h1-3,5-10,13-18H,4,11-12,19-20H2,(H,30,31);;/q;+1;-1. The Bertz CT molecular complexity index is 1150. The molecule has 0 amide bonds. The van der Waals surface area contributed by atoms with E-state index in [0.717, 1.165) is 41.0 Å². The van der Waals surface area contributed by atoms with Gasteiger partial charge < -0.3 is 11.3 Å². The van der Waals surface area contributed by atoms with E-state index in [0.29, 0.717) is 19.0 Å². The number of benzene rings is 3. The number of ether oxygens (including phenoxy) is 1. The Kier molecular flexibility index (Phi) is 9.31. The second kappa shape index (κ2) is 12.4. The van der Waals surface area contributed by atoms with Crippen molar-refractivity contribution in [3.05, 3.63) is 91.0 Å². The van der Waals surface area contributed by atoms with Crippen molar-refractivity contribution in [2.75, 3.05) is 6.61 Å². The van der Waals surface area contributed by atoms with Gasteiger partial charge in [0.2, 0.25) is 0 Å². The third-order valence-corrected chi connectivity index (χ3v) is 5.22. The predicted octanol–water partition coefficient (Wildman–Crippen LogP) is 3.35. The van der Waals surface area contributed by atoms with Gasteiger partial charge in [-0.05, 0) is 31.4 Å². The number of aliphatic carboxylic acids is 1. The fourth-order valence-electron chi connectivity index (χ4n) is 3.69. The van der Waals surface area contributed by atoms with Crippen LogP contribution < -0.4 is 34.3 Å². The minimum atomic E-state index is -0.759. The van der Waals surface area contributed by atoms with E-state index in [9.17, 15) is 4.79 Å². The average molecular weight is 451 g/mol. The Balaban J connectivity index is 0.00000204. The number of hydrogen-bond donors (Lipinski definition) is 1. The van der Waals surface area contributed by atoms with Gasteiger partial charge in [-0.25, -0.2) is 0 Å². The van der Waals surface area contributed by atoms with Crippen molar-refractivity contribution in [3.8, 4) is 34.2 Å². The van der Waals surface area contributed by atoms with E-state index in [1.165, 1.54) is 0 Å². The van der Waals surface area contributed by atoms with Crippen molar-refractivity contribution in [2.24, 2.45) is 0 Å². The van der Waals surface area contributed by atoms with E-state index in [4.69, 9.17) is 14.8 Å². The molecule has 3 aromatic carbocycles. The fraction of sp³-hybridized carbons (Fsp3) is 0.185. The summed E-state index contributed by atoms with van der Waals surface area (Å²) in [6.45, 7) is 0.478. The molecule has 1 heterocycles. The normalized spacial score (nSPS) is 10.4. The smallest absolute Gasteiger partial charge is 1.00 e. The molecule has 0 spiro atoms. The van der Waals surface area contributed by atoms with Crippen molar-refractivity contribution in [3.63, 3.8) is 0 Å². The number of aromatic nitrogens is 2. The molecular weight excluding hydrogens is 423 g/mol. The molecule has 5 nitrogen and oxygen atoms in total. The summed E-state index contributed by atoms with van der Waals surface area (Å²) in [4.78, 5) is 15.6. The van der Waals surface area contributed by atoms with Crippen LogP contribution in [0.2, 0.25) is 0 Å². The van der Waals surface area contributed by atoms with Crippen LogP contribution in [0.3, 0.4) is 0 Å². The van der Waals surface area contributed by atoms with E-state index < -0.39 is 5.97 Å². The molecular formula is C27H27N2NaO3. The molecule has 0 saturated heterocycles. The number of nitrogens with zero attached hydrogens (tertiary/aromatic N) is 2. The topological polar surface area (TPSA) is 64.3 Å². The fourth-order valence-corrected chi connectivity index (χ4v) is 3.69. The average Bonchev–Trinajstić information content (AvgIpc) is 3.22. The SMILES string of the molecule is O=C(O)CCCCCOc1nc(-c2ccccc2)c(-c2ccccc2)n1-c1ccccc1.[H-].[Na+]. The largest absolute Gasteiger partial charge is 1.00 e. The molecule has 164 valence electrons. The molecule has 0 saturated carbocycles. The molecule has 0 radical (unpaired) electrons. The van der Waals surface area contributed by atoms with E-state index in [1.807, 2.05) is 66.7 Å². The number of carboxylic acid groups (broad SMARTS) is 1. The van der Waals surface area contributed by atoms with Crippen LogP contribution in [0.15, 0.2) is 91.0 Å². The maximum atomic E-state index is 10.7. The number of para-hydroxylation sites is 1. The number of imidazole rings is 1. The Morgan fingerprint density at radius 2 is 1.39 bits per heavy atom. The van der Waals surface area contributed by atoms with Crippen molar-refractivity contribution in [2.45, 2.75) is 25.7 Å². The van der Waals surface area contributed by atoms with Gasteiger partial charge >= 0.3 is 41.5 Å². The Morgan fingerprint density at radius 1 is 0.818 bits per heavy atom. The number of unbranched alkanes of at least 4 members (excludes halogenated alkanes) is 2. The minimum Gasteiger partial charge on any atom is -1.00 e. The summed E-state index contributed by atoms with van der Waals surface area (Å²) in [5, 5.41) is 8.82. The van der Waals surface area contributed by atoms with Gasteiger partial charge in [0.1, 0.15) is 5.69 Å². The maximum absolute atomic E-state index is 10.7. The van der Waals surface area contributed by atoms with Gasteiger partial charge in [0.25, 0.3) is 0 Å². The molecule has 0 bridgehead atoms. The van der Waals surface area contributed by atoms with Crippen LogP contribution >= 0.6 is 0 Å². The molecule has 4 rings (SSSR count). The van der Waals surface area contributed by atoms with Crippen molar-refractivity contribution in [1.82, 2.24) is 9.55 Å². The Labute approximate surface area is 217 Å². The number of rotatable bonds is 10. The Morgan fingerprint density at radius 3 is 2.00 bits per heavy atom. The quantitative estimate of drug-likeness (QED) is 0.297. The van der Waals surface area contributed by atoms with Gasteiger partial charge in [0.15, 0.2) is 0 Å². The zero-order chi connectivity index (χ0) is 22.2. The van der Waals surface area contributed by atoms with Crippen molar-refractivity contribution in [1.29, 1.82) is 0 Å². The van der Waals surface area contributed by atoms with Gasteiger partial charge in [-0.1, -0.05) is 78.9 Å². The molecule has 0 aliphatic rings. The summed E-state index contributed by atoms with van der Waals surface area (Å²) in [6, 6.07) is 31.0. The van der Waals surface area contributed by atoms with Gasteiger partial charge in [-0.3, -0.25) is 9.36 Å². The maximum Gasteiger partial charge on any atom is 1.00 e. The van der Waals surface area contributed by atoms with Crippen LogP contribution in [-0.4, -0.2) is 27.2 Å². The first-order chi connectivity index (χ1) is 15.7. The minimum absolute atomic E-state index is 0. The zero-order valence-corrected chi connectivity index (χ0v) is 20.9. The Hall–Kier alpha value is -2.86. The van der Waals surface area contributed by atoms with Gasteiger partial charge in [0, 0.05) is 17.5 Å². The van der Waals surface area contributed by atoms with Crippen LogP contribution in [0, 0.1) is 0 Å². The van der Waals surface area contributed by atoms with E-state index in [-0.39, 0.29) is 37.4 Å². The van der Waals surface area contributed by atoms with Gasteiger partial charge in [-0.2, -0.15) is 4.98 Å². The first-order valence-electron chi connectivity index (χ1n) is 10.9. The van der Waals surface area contributed by atoms with Gasteiger partial charge in [0.05, 0.1) is 18.0 Å². The van der Waals surface area contributed by atoms with Gasteiger partial charge in [-0.15, -0.1) is 0 Å². The zero-order valence-electron chi connectivity index (χ0n) is 19.9. The van der Waals surface area contributed by atoms with Crippen molar-refractivity contribution < 1.29 is 45.6 Å². The molecule has 0 atom stereocenters. The monoisotopic (exact) mass is 450 g/mol. The van der Waals surface area contributed by atoms with E-state index in [2.05, 4.69) is 28.8 Å². The summed E-state index contributed by atoms with van der Waals surface area (Å²) in [5.41, 5.74) is 4.89. The summed E-state index contributed by atoms with van der Waals surface area (Å²) < 4.78 is 8.23. The second-order valence-corrected chi connectivity index (χ2v) is 7.55. The number of carboxylic acids is 1. The third kappa shape index (κ3) is 6.35.